The molecule has 1 heterocycles. The topological polar surface area (TPSA) is 34.9 Å². The molecule has 0 unspecified atom stereocenters. The van der Waals surface area contributed by atoms with Crippen molar-refractivity contribution in [2.75, 3.05) is 0 Å². The number of aromatic nitrogens is 2. The van der Waals surface area contributed by atoms with Gasteiger partial charge in [0.2, 0.25) is 0 Å². The van der Waals surface area contributed by atoms with Gasteiger partial charge in [-0.3, -0.25) is 4.79 Å². The molecule has 4 heteroatoms. The van der Waals surface area contributed by atoms with Crippen molar-refractivity contribution in [3.05, 3.63) is 15.2 Å². The maximum absolute atomic E-state index is 10.8. The number of nitrogens with zero attached hydrogens (tertiary/aromatic N) is 2. The van der Waals surface area contributed by atoms with Crippen molar-refractivity contribution in [3.63, 3.8) is 0 Å². The molecule has 0 radical (unpaired) electrons. The number of aryl methyl sites for hydroxylation is 1. The molecule has 0 saturated heterocycles. The fraction of sp³-hybridized carbons (Fsp3) is 0.333. The van der Waals surface area contributed by atoms with Crippen molar-refractivity contribution in [2.24, 2.45) is 0 Å². The normalized spacial score (nSPS) is 9.10. The molecule has 0 spiro atoms. The van der Waals surface area contributed by atoms with E-state index >= 15 is 0 Å². The van der Waals surface area contributed by atoms with Crippen LogP contribution in [0.1, 0.15) is 6.42 Å². The highest BCUT2D eigenvalue weighted by molar-refractivity contribution is 7.06. The Morgan fingerprint density at radius 1 is 1.90 bits per heavy atom. The van der Waals surface area contributed by atoms with E-state index in [1.807, 2.05) is 0 Å². The highest BCUT2D eigenvalue weighted by Gasteiger charge is 1.94. The molecule has 1 aromatic rings. The van der Waals surface area contributed by atoms with E-state index in [1.54, 1.807) is 0 Å². The van der Waals surface area contributed by atoms with Gasteiger partial charge >= 0.3 is 4.87 Å². The molecule has 0 aliphatic heterocycles. The Labute approximate surface area is 62.3 Å². The molecular formula is C6H6N2OS. The lowest BCUT2D eigenvalue weighted by atomic mass is 10.4. The van der Waals surface area contributed by atoms with E-state index < -0.39 is 0 Å². The maximum atomic E-state index is 10.8. The first kappa shape index (κ1) is 7.03. The van der Waals surface area contributed by atoms with Crippen LogP contribution in [-0.2, 0) is 6.54 Å². The first-order valence-corrected chi connectivity index (χ1v) is 3.66. The molecule has 0 bridgehead atoms. The Morgan fingerprint density at radius 3 is 3.20 bits per heavy atom. The monoisotopic (exact) mass is 154 g/mol. The fourth-order valence-corrected chi connectivity index (χ4v) is 1.06. The van der Waals surface area contributed by atoms with Crippen molar-refractivity contribution in [1.29, 1.82) is 0 Å². The van der Waals surface area contributed by atoms with Gasteiger partial charge < -0.3 is 0 Å². The summed E-state index contributed by atoms with van der Waals surface area (Å²) in [5.74, 6) is 2.44. The number of terminal acetylenes is 1. The average Bonchev–Trinajstić information content (AvgIpc) is 2.31. The maximum Gasteiger partial charge on any atom is 0.324 e. The Kier molecular flexibility index (Phi) is 2.24. The van der Waals surface area contributed by atoms with Crippen LogP contribution in [0.5, 0.6) is 0 Å². The zero-order valence-corrected chi connectivity index (χ0v) is 6.10. The summed E-state index contributed by atoms with van der Waals surface area (Å²) in [5, 5.41) is 3.78. The third kappa shape index (κ3) is 1.45. The summed E-state index contributed by atoms with van der Waals surface area (Å²) < 4.78 is 1.37. The lowest BCUT2D eigenvalue weighted by Gasteiger charge is -1.90. The largest absolute Gasteiger partial charge is 0.324 e. The highest BCUT2D eigenvalue weighted by atomic mass is 32.1. The van der Waals surface area contributed by atoms with Crippen LogP contribution >= 0.6 is 11.3 Å². The second-order valence-corrected chi connectivity index (χ2v) is 2.48. The van der Waals surface area contributed by atoms with Gasteiger partial charge in [0.05, 0.1) is 6.54 Å². The fourth-order valence-electron chi connectivity index (χ4n) is 0.553. The van der Waals surface area contributed by atoms with Gasteiger partial charge in [-0.15, -0.1) is 12.3 Å². The van der Waals surface area contributed by atoms with Crippen LogP contribution in [0.25, 0.3) is 0 Å². The zero-order valence-electron chi connectivity index (χ0n) is 5.28. The van der Waals surface area contributed by atoms with Crippen molar-refractivity contribution in [2.45, 2.75) is 13.0 Å². The number of hydrogen-bond acceptors (Lipinski definition) is 3. The summed E-state index contributed by atoms with van der Waals surface area (Å²) in [6.07, 6.45) is 5.56. The minimum absolute atomic E-state index is 0.0461. The van der Waals surface area contributed by atoms with Crippen molar-refractivity contribution in [1.82, 2.24) is 9.78 Å². The van der Waals surface area contributed by atoms with E-state index in [2.05, 4.69) is 11.0 Å². The molecule has 10 heavy (non-hydrogen) atoms. The number of hydrogen-bond donors (Lipinski definition) is 0. The first-order valence-electron chi connectivity index (χ1n) is 2.78. The Balaban J connectivity index is 2.68. The van der Waals surface area contributed by atoms with Crippen LogP contribution < -0.4 is 4.87 Å². The van der Waals surface area contributed by atoms with Crippen molar-refractivity contribution >= 4 is 11.3 Å². The van der Waals surface area contributed by atoms with Crippen LogP contribution in [-0.4, -0.2) is 9.78 Å². The van der Waals surface area contributed by atoms with E-state index in [4.69, 9.17) is 6.42 Å². The van der Waals surface area contributed by atoms with Gasteiger partial charge in [-0.05, 0) is 0 Å². The summed E-state index contributed by atoms with van der Waals surface area (Å²) in [6, 6.07) is 0. The lowest BCUT2D eigenvalue weighted by Crippen LogP contribution is -2.14. The predicted molar refractivity (Wildman–Crippen MR) is 39.8 cm³/mol. The Morgan fingerprint density at radius 2 is 2.70 bits per heavy atom. The molecule has 1 rings (SSSR count). The lowest BCUT2D eigenvalue weighted by molar-refractivity contribution is 0.613. The molecule has 1 aromatic heterocycles. The minimum atomic E-state index is -0.0461. The van der Waals surface area contributed by atoms with Crippen LogP contribution in [0.3, 0.4) is 0 Å². The van der Waals surface area contributed by atoms with Gasteiger partial charge in [-0.25, -0.2) is 4.68 Å². The zero-order chi connectivity index (χ0) is 7.40. The smallest absolute Gasteiger partial charge is 0.255 e. The van der Waals surface area contributed by atoms with Gasteiger partial charge in [-0.1, -0.05) is 11.3 Å². The summed E-state index contributed by atoms with van der Waals surface area (Å²) in [4.78, 5) is 10.7. The molecule has 0 aliphatic carbocycles. The molecule has 0 fully saturated rings. The van der Waals surface area contributed by atoms with Gasteiger partial charge in [0.15, 0.2) is 0 Å². The third-order valence-electron chi connectivity index (χ3n) is 1.02. The van der Waals surface area contributed by atoms with Gasteiger partial charge in [0.25, 0.3) is 0 Å². The number of rotatable bonds is 2. The third-order valence-corrected chi connectivity index (χ3v) is 1.63. The molecule has 52 valence electrons. The van der Waals surface area contributed by atoms with E-state index in [9.17, 15) is 4.79 Å². The standard InChI is InChI=1S/C6H6N2OS/c1-2-3-4-8-6(9)10-5-7-8/h1,5H,3-4H2. The predicted octanol–water partition coefficient (Wildman–Crippen LogP) is 0.328. The van der Waals surface area contributed by atoms with Crippen LogP contribution in [0.2, 0.25) is 0 Å². The second-order valence-electron chi connectivity index (χ2n) is 1.68. The average molecular weight is 154 g/mol. The highest BCUT2D eigenvalue weighted by Crippen LogP contribution is 1.85. The summed E-state index contributed by atoms with van der Waals surface area (Å²) >= 11 is 1.08. The Bertz CT molecular complexity index is 293. The second kappa shape index (κ2) is 3.18. The molecule has 0 aliphatic rings. The van der Waals surface area contributed by atoms with Crippen LogP contribution in [0, 0.1) is 12.3 Å². The molecule has 0 aromatic carbocycles. The summed E-state index contributed by atoms with van der Waals surface area (Å²) in [7, 11) is 0. The molecule has 0 N–H and O–H groups in total. The van der Waals surface area contributed by atoms with Gasteiger partial charge in [0.1, 0.15) is 5.51 Å². The van der Waals surface area contributed by atoms with Crippen molar-refractivity contribution in [3.8, 4) is 12.3 Å². The van der Waals surface area contributed by atoms with E-state index in [0.29, 0.717) is 13.0 Å². The summed E-state index contributed by atoms with van der Waals surface area (Å²) in [5.41, 5.74) is 1.51. The van der Waals surface area contributed by atoms with E-state index in [0.717, 1.165) is 11.3 Å². The Hall–Kier alpha value is -1.08. The molecule has 0 amide bonds. The first-order chi connectivity index (χ1) is 4.84. The van der Waals surface area contributed by atoms with E-state index in [1.165, 1.54) is 10.2 Å². The SMILES string of the molecule is C#CCCn1ncsc1=O. The van der Waals surface area contributed by atoms with E-state index in [-0.39, 0.29) is 4.87 Å². The quantitative estimate of drug-likeness (QED) is 0.575. The molecule has 3 nitrogen and oxygen atoms in total. The molecular weight excluding hydrogens is 148 g/mol. The van der Waals surface area contributed by atoms with Crippen molar-refractivity contribution < 1.29 is 0 Å². The molecule has 0 saturated carbocycles. The summed E-state index contributed by atoms with van der Waals surface area (Å²) in [6.45, 7) is 0.527. The molecule has 0 atom stereocenters. The van der Waals surface area contributed by atoms with Crippen LogP contribution in [0.15, 0.2) is 10.3 Å². The van der Waals surface area contributed by atoms with Gasteiger partial charge in [-0.2, -0.15) is 5.10 Å². The van der Waals surface area contributed by atoms with Gasteiger partial charge in [0, 0.05) is 6.42 Å². The minimum Gasteiger partial charge on any atom is -0.255 e. The van der Waals surface area contributed by atoms with Crippen LogP contribution in [0.4, 0.5) is 0 Å².